The molecule has 2 fully saturated rings. The smallest absolute Gasteiger partial charge is 0.0200 e. The highest BCUT2D eigenvalue weighted by Gasteiger charge is 2.37. The van der Waals surface area contributed by atoms with Gasteiger partial charge in [-0.05, 0) is 46.6 Å². The standard InChI is InChI=1S/C15H30N2/c1-13-12-16-11-10-15(2,3)17(13)14-8-6-4-5-7-9-14/h13-14,16H,4-12H2,1-3H3. The Bertz CT molecular complexity index is 229. The quantitative estimate of drug-likeness (QED) is 0.706. The Kier molecular flexibility index (Phi) is 4.48. The molecule has 1 heterocycles. The number of hydrogen-bond acceptors (Lipinski definition) is 2. The van der Waals surface area contributed by atoms with Crippen molar-refractivity contribution in [3.63, 3.8) is 0 Å². The van der Waals surface area contributed by atoms with Gasteiger partial charge in [-0.15, -0.1) is 0 Å². The van der Waals surface area contributed by atoms with Crippen LogP contribution in [0.15, 0.2) is 0 Å². The summed E-state index contributed by atoms with van der Waals surface area (Å²) in [5, 5.41) is 3.60. The molecule has 2 nitrogen and oxygen atoms in total. The van der Waals surface area contributed by atoms with E-state index in [-0.39, 0.29) is 0 Å². The van der Waals surface area contributed by atoms with Crippen molar-refractivity contribution in [2.45, 2.75) is 83.3 Å². The van der Waals surface area contributed by atoms with Crippen LogP contribution >= 0.6 is 0 Å². The molecule has 0 aromatic carbocycles. The minimum atomic E-state index is 0.373. The van der Waals surface area contributed by atoms with E-state index in [0.29, 0.717) is 11.6 Å². The van der Waals surface area contributed by atoms with Gasteiger partial charge in [0.05, 0.1) is 0 Å². The lowest BCUT2D eigenvalue weighted by Crippen LogP contribution is -2.54. The van der Waals surface area contributed by atoms with Crippen molar-refractivity contribution in [3.05, 3.63) is 0 Å². The first kappa shape index (κ1) is 13.4. The summed E-state index contributed by atoms with van der Waals surface area (Å²) in [6, 6.07) is 1.53. The van der Waals surface area contributed by atoms with Crippen molar-refractivity contribution in [2.24, 2.45) is 0 Å². The van der Waals surface area contributed by atoms with Crippen molar-refractivity contribution < 1.29 is 0 Å². The van der Waals surface area contributed by atoms with Gasteiger partial charge in [-0.25, -0.2) is 0 Å². The predicted octanol–water partition coefficient (Wildman–Crippen LogP) is 3.17. The second kappa shape index (κ2) is 5.71. The SMILES string of the molecule is CC1CNCCC(C)(C)N1C1CCCCCC1. The number of rotatable bonds is 1. The van der Waals surface area contributed by atoms with E-state index in [1.165, 1.54) is 58.0 Å². The molecule has 17 heavy (non-hydrogen) atoms. The van der Waals surface area contributed by atoms with Crippen molar-refractivity contribution in [3.8, 4) is 0 Å². The fraction of sp³-hybridized carbons (Fsp3) is 1.00. The summed E-state index contributed by atoms with van der Waals surface area (Å²) in [6.45, 7) is 9.65. The zero-order valence-corrected chi connectivity index (χ0v) is 12.0. The van der Waals surface area contributed by atoms with Gasteiger partial charge >= 0.3 is 0 Å². The molecule has 0 radical (unpaired) electrons. The molecular formula is C15H30N2. The molecule has 100 valence electrons. The summed E-state index contributed by atoms with van der Waals surface area (Å²) >= 11 is 0. The molecule has 1 saturated carbocycles. The van der Waals surface area contributed by atoms with E-state index >= 15 is 0 Å². The largest absolute Gasteiger partial charge is 0.315 e. The Balaban J connectivity index is 2.12. The first-order valence-electron chi connectivity index (χ1n) is 7.60. The molecule has 0 bridgehead atoms. The lowest BCUT2D eigenvalue weighted by atomic mass is 9.92. The summed E-state index contributed by atoms with van der Waals surface area (Å²) in [4.78, 5) is 2.85. The van der Waals surface area contributed by atoms with E-state index in [2.05, 4.69) is 31.0 Å². The van der Waals surface area contributed by atoms with Crippen molar-refractivity contribution in [2.75, 3.05) is 13.1 Å². The average Bonchev–Trinajstić information content (AvgIpc) is 2.58. The van der Waals surface area contributed by atoms with Gasteiger partial charge in [-0.3, -0.25) is 4.90 Å². The fourth-order valence-corrected chi connectivity index (χ4v) is 3.92. The molecular weight excluding hydrogens is 208 g/mol. The van der Waals surface area contributed by atoms with Gasteiger partial charge in [-0.1, -0.05) is 25.7 Å². The number of nitrogens with zero attached hydrogens (tertiary/aromatic N) is 1. The van der Waals surface area contributed by atoms with Crippen LogP contribution in [0.3, 0.4) is 0 Å². The lowest BCUT2D eigenvalue weighted by Gasteiger charge is -2.46. The van der Waals surface area contributed by atoms with Crippen molar-refractivity contribution in [1.82, 2.24) is 10.2 Å². The molecule has 1 aliphatic carbocycles. The van der Waals surface area contributed by atoms with Crippen LogP contribution in [0.1, 0.15) is 65.7 Å². The second-order valence-corrected chi connectivity index (χ2v) is 6.67. The molecule has 1 aliphatic heterocycles. The molecule has 1 unspecified atom stereocenters. The average molecular weight is 238 g/mol. The van der Waals surface area contributed by atoms with Gasteiger partial charge in [0.2, 0.25) is 0 Å². The molecule has 0 amide bonds. The number of nitrogens with one attached hydrogen (secondary N) is 1. The van der Waals surface area contributed by atoms with Crippen molar-refractivity contribution in [1.29, 1.82) is 0 Å². The van der Waals surface area contributed by atoms with Gasteiger partial charge in [-0.2, -0.15) is 0 Å². The predicted molar refractivity (Wildman–Crippen MR) is 74.4 cm³/mol. The Morgan fingerprint density at radius 1 is 1.06 bits per heavy atom. The maximum absolute atomic E-state index is 3.60. The molecule has 0 spiro atoms. The van der Waals surface area contributed by atoms with Crippen LogP contribution in [-0.2, 0) is 0 Å². The van der Waals surface area contributed by atoms with Crippen LogP contribution in [0.4, 0.5) is 0 Å². The Morgan fingerprint density at radius 3 is 2.35 bits per heavy atom. The van der Waals surface area contributed by atoms with Gasteiger partial charge in [0.15, 0.2) is 0 Å². The van der Waals surface area contributed by atoms with Gasteiger partial charge < -0.3 is 5.32 Å². The van der Waals surface area contributed by atoms with E-state index in [4.69, 9.17) is 0 Å². The van der Waals surface area contributed by atoms with E-state index < -0.39 is 0 Å². The van der Waals surface area contributed by atoms with E-state index in [1.54, 1.807) is 0 Å². The van der Waals surface area contributed by atoms with Gasteiger partial charge in [0, 0.05) is 24.2 Å². The molecule has 2 heteroatoms. The van der Waals surface area contributed by atoms with E-state index in [9.17, 15) is 0 Å². The Labute approximate surface area is 107 Å². The minimum Gasteiger partial charge on any atom is -0.315 e. The highest BCUT2D eigenvalue weighted by molar-refractivity contribution is 4.93. The third-order valence-corrected chi connectivity index (χ3v) is 4.75. The summed E-state index contributed by atoms with van der Waals surface area (Å²) in [6.07, 6.45) is 9.93. The minimum absolute atomic E-state index is 0.373. The molecule has 2 rings (SSSR count). The monoisotopic (exact) mass is 238 g/mol. The Hall–Kier alpha value is -0.0800. The maximum Gasteiger partial charge on any atom is 0.0200 e. The maximum atomic E-state index is 3.60. The second-order valence-electron chi connectivity index (χ2n) is 6.67. The lowest BCUT2D eigenvalue weighted by molar-refractivity contribution is 0.0301. The van der Waals surface area contributed by atoms with Gasteiger partial charge in [0.25, 0.3) is 0 Å². The van der Waals surface area contributed by atoms with Crippen LogP contribution in [0.2, 0.25) is 0 Å². The molecule has 1 saturated heterocycles. The van der Waals surface area contributed by atoms with Crippen molar-refractivity contribution >= 4 is 0 Å². The summed E-state index contributed by atoms with van der Waals surface area (Å²) in [7, 11) is 0. The van der Waals surface area contributed by atoms with E-state index in [1.807, 2.05) is 0 Å². The van der Waals surface area contributed by atoms with Crippen LogP contribution < -0.4 is 5.32 Å². The van der Waals surface area contributed by atoms with Crippen LogP contribution in [-0.4, -0.2) is 35.6 Å². The first-order chi connectivity index (χ1) is 8.11. The van der Waals surface area contributed by atoms with Crippen LogP contribution in [0.5, 0.6) is 0 Å². The Morgan fingerprint density at radius 2 is 1.71 bits per heavy atom. The van der Waals surface area contributed by atoms with Crippen LogP contribution in [0, 0.1) is 0 Å². The zero-order chi connectivity index (χ0) is 12.3. The molecule has 1 N–H and O–H groups in total. The summed E-state index contributed by atoms with van der Waals surface area (Å²) < 4.78 is 0. The van der Waals surface area contributed by atoms with Crippen LogP contribution in [0.25, 0.3) is 0 Å². The molecule has 0 aromatic rings. The third-order valence-electron chi connectivity index (χ3n) is 4.75. The highest BCUT2D eigenvalue weighted by atomic mass is 15.3. The van der Waals surface area contributed by atoms with Gasteiger partial charge in [0.1, 0.15) is 0 Å². The normalized spacial score (nSPS) is 33.0. The van der Waals surface area contributed by atoms with E-state index in [0.717, 1.165) is 6.04 Å². The number of hydrogen-bond donors (Lipinski definition) is 1. The topological polar surface area (TPSA) is 15.3 Å². The summed E-state index contributed by atoms with van der Waals surface area (Å²) in [5.41, 5.74) is 0.373. The first-order valence-corrected chi connectivity index (χ1v) is 7.60. The molecule has 2 aliphatic rings. The summed E-state index contributed by atoms with van der Waals surface area (Å²) in [5.74, 6) is 0. The zero-order valence-electron chi connectivity index (χ0n) is 12.0. The molecule has 0 aromatic heterocycles. The molecule has 1 atom stereocenters. The third kappa shape index (κ3) is 3.23. The highest BCUT2D eigenvalue weighted by Crippen LogP contribution is 2.32. The fourth-order valence-electron chi connectivity index (χ4n) is 3.92.